The SMILES string of the molecule is CC.COc1ccc(-c2ccc(C#Cc3ccc(-c4ccc(F)c(F)c4)cc3F)cc2[N+](=O)[O-])cc1. The molecule has 0 aliphatic heterocycles. The van der Waals surface area contributed by atoms with Gasteiger partial charge < -0.3 is 4.74 Å². The number of halogens is 3. The Labute approximate surface area is 207 Å². The molecule has 182 valence electrons. The fourth-order valence-electron chi connectivity index (χ4n) is 3.39. The smallest absolute Gasteiger partial charge is 0.278 e. The highest BCUT2D eigenvalue weighted by atomic mass is 19.2. The zero-order valence-electron chi connectivity index (χ0n) is 19.8. The summed E-state index contributed by atoms with van der Waals surface area (Å²) in [6, 6.07) is 18.8. The molecular weight excluding hydrogens is 467 g/mol. The van der Waals surface area contributed by atoms with E-state index in [1.807, 2.05) is 13.8 Å². The monoisotopic (exact) mass is 489 g/mol. The molecule has 4 aromatic carbocycles. The molecule has 0 fully saturated rings. The van der Waals surface area contributed by atoms with E-state index in [1.165, 1.54) is 37.4 Å². The van der Waals surface area contributed by atoms with Crippen LogP contribution in [0.15, 0.2) is 78.9 Å². The minimum absolute atomic E-state index is 0.0632. The van der Waals surface area contributed by atoms with Crippen LogP contribution in [0.2, 0.25) is 0 Å². The zero-order chi connectivity index (χ0) is 26.2. The van der Waals surface area contributed by atoms with Gasteiger partial charge in [0.05, 0.1) is 23.2 Å². The summed E-state index contributed by atoms with van der Waals surface area (Å²) in [6.45, 7) is 4.00. The number of nitrogens with zero attached hydrogens (tertiary/aromatic N) is 1. The molecule has 4 aromatic rings. The molecule has 0 radical (unpaired) electrons. The summed E-state index contributed by atoms with van der Waals surface area (Å²) in [7, 11) is 1.53. The van der Waals surface area contributed by atoms with E-state index >= 15 is 0 Å². The van der Waals surface area contributed by atoms with Gasteiger partial charge in [0.2, 0.25) is 0 Å². The maximum Gasteiger partial charge on any atom is 0.278 e. The third kappa shape index (κ3) is 5.91. The topological polar surface area (TPSA) is 52.4 Å². The molecule has 0 aliphatic carbocycles. The van der Waals surface area contributed by atoms with Crippen molar-refractivity contribution in [2.45, 2.75) is 13.8 Å². The molecule has 0 N–H and O–H groups in total. The molecule has 0 spiro atoms. The Morgan fingerprint density at radius 2 is 1.33 bits per heavy atom. The van der Waals surface area contributed by atoms with Gasteiger partial charge in [-0.2, -0.15) is 0 Å². The van der Waals surface area contributed by atoms with Crippen LogP contribution in [0, 0.1) is 39.4 Å². The average Bonchev–Trinajstić information content (AvgIpc) is 2.90. The van der Waals surface area contributed by atoms with Gasteiger partial charge in [-0.05, 0) is 65.2 Å². The molecule has 4 rings (SSSR count). The second kappa shape index (κ2) is 11.7. The van der Waals surface area contributed by atoms with E-state index < -0.39 is 22.4 Å². The molecule has 0 saturated carbocycles. The normalized spacial score (nSPS) is 9.94. The molecule has 0 saturated heterocycles. The van der Waals surface area contributed by atoms with Crippen molar-refractivity contribution < 1.29 is 22.8 Å². The van der Waals surface area contributed by atoms with E-state index in [-0.39, 0.29) is 11.3 Å². The molecule has 0 unspecified atom stereocenters. The van der Waals surface area contributed by atoms with Gasteiger partial charge in [0.15, 0.2) is 11.6 Å². The molecule has 0 bridgehead atoms. The molecule has 0 heterocycles. The number of methoxy groups -OCH3 is 1. The van der Waals surface area contributed by atoms with Crippen molar-refractivity contribution in [2.75, 3.05) is 7.11 Å². The second-order valence-corrected chi connectivity index (χ2v) is 7.29. The van der Waals surface area contributed by atoms with E-state index in [1.54, 1.807) is 36.4 Å². The average molecular weight is 489 g/mol. The molecule has 0 aromatic heterocycles. The van der Waals surface area contributed by atoms with Gasteiger partial charge in [-0.3, -0.25) is 10.1 Å². The number of ether oxygens (including phenoxy) is 1. The summed E-state index contributed by atoms with van der Waals surface area (Å²) in [5.41, 5.74) is 2.02. The van der Waals surface area contributed by atoms with E-state index in [0.29, 0.717) is 33.6 Å². The van der Waals surface area contributed by atoms with E-state index in [0.717, 1.165) is 12.1 Å². The van der Waals surface area contributed by atoms with Crippen molar-refractivity contribution in [1.82, 2.24) is 0 Å². The lowest BCUT2D eigenvalue weighted by atomic mass is 10.0. The van der Waals surface area contributed by atoms with E-state index in [4.69, 9.17) is 4.74 Å². The Balaban J connectivity index is 0.00000176. The van der Waals surface area contributed by atoms with E-state index in [2.05, 4.69) is 11.8 Å². The number of hydrogen-bond acceptors (Lipinski definition) is 3. The van der Waals surface area contributed by atoms with Gasteiger partial charge in [0.25, 0.3) is 5.69 Å². The summed E-state index contributed by atoms with van der Waals surface area (Å²) in [5.74, 6) is 3.38. The predicted octanol–water partition coefficient (Wildman–Crippen LogP) is 7.78. The molecule has 4 nitrogen and oxygen atoms in total. The van der Waals surface area contributed by atoms with Gasteiger partial charge >= 0.3 is 0 Å². The maximum absolute atomic E-state index is 14.6. The van der Waals surface area contributed by atoms with Gasteiger partial charge in [-0.25, -0.2) is 13.2 Å². The van der Waals surface area contributed by atoms with Crippen LogP contribution in [0.25, 0.3) is 22.3 Å². The molecular formula is C29H22F3NO3. The molecule has 0 amide bonds. The Hall–Kier alpha value is -4.57. The molecule has 36 heavy (non-hydrogen) atoms. The number of nitro benzene ring substituents is 1. The van der Waals surface area contributed by atoms with Crippen molar-refractivity contribution in [3.63, 3.8) is 0 Å². The third-order valence-corrected chi connectivity index (χ3v) is 5.16. The number of nitro groups is 1. The zero-order valence-corrected chi connectivity index (χ0v) is 19.8. The highest BCUT2D eigenvalue weighted by Gasteiger charge is 2.16. The highest BCUT2D eigenvalue weighted by Crippen LogP contribution is 2.32. The highest BCUT2D eigenvalue weighted by molar-refractivity contribution is 5.75. The summed E-state index contributed by atoms with van der Waals surface area (Å²) < 4.78 is 46.3. The fourth-order valence-corrected chi connectivity index (χ4v) is 3.39. The van der Waals surface area contributed by atoms with Crippen molar-refractivity contribution >= 4 is 5.69 Å². The Bertz CT molecular complexity index is 1460. The summed E-state index contributed by atoms with van der Waals surface area (Å²) in [4.78, 5) is 11.1. The van der Waals surface area contributed by atoms with Crippen LogP contribution in [0.1, 0.15) is 25.0 Å². The first-order valence-corrected chi connectivity index (χ1v) is 11.1. The van der Waals surface area contributed by atoms with Crippen molar-refractivity contribution in [1.29, 1.82) is 0 Å². The van der Waals surface area contributed by atoms with Crippen LogP contribution in [0.3, 0.4) is 0 Å². The largest absolute Gasteiger partial charge is 0.497 e. The predicted molar refractivity (Wildman–Crippen MR) is 134 cm³/mol. The molecule has 0 atom stereocenters. The van der Waals surface area contributed by atoms with Gasteiger partial charge in [-0.1, -0.05) is 50.0 Å². The first-order chi connectivity index (χ1) is 17.4. The number of hydrogen-bond donors (Lipinski definition) is 0. The standard InChI is InChI=1S/C27H16F3NO3.C2H6/c1-34-22-10-7-18(8-11-22)23-12-3-17(14-27(23)31(32)33)2-4-19-5-6-20(15-25(19)29)21-9-13-24(28)26(30)16-21;1-2/h3,5-16H,1H3;1-2H3. The lowest BCUT2D eigenvalue weighted by Crippen LogP contribution is -1.93. The lowest BCUT2D eigenvalue weighted by Gasteiger charge is -2.06. The van der Waals surface area contributed by atoms with Gasteiger partial charge in [0, 0.05) is 11.6 Å². The van der Waals surface area contributed by atoms with Gasteiger partial charge in [-0.15, -0.1) is 0 Å². The maximum atomic E-state index is 14.6. The summed E-state index contributed by atoms with van der Waals surface area (Å²) >= 11 is 0. The molecule has 0 aliphatic rings. The van der Waals surface area contributed by atoms with Crippen LogP contribution in [-0.4, -0.2) is 12.0 Å². The first-order valence-electron chi connectivity index (χ1n) is 11.1. The Kier molecular flexibility index (Phi) is 8.48. The van der Waals surface area contributed by atoms with Crippen LogP contribution < -0.4 is 4.74 Å². The minimum atomic E-state index is -1.03. The summed E-state index contributed by atoms with van der Waals surface area (Å²) in [5, 5.41) is 11.6. The minimum Gasteiger partial charge on any atom is -0.497 e. The Morgan fingerprint density at radius 3 is 1.92 bits per heavy atom. The van der Waals surface area contributed by atoms with Crippen LogP contribution in [0.5, 0.6) is 5.75 Å². The van der Waals surface area contributed by atoms with Crippen LogP contribution >= 0.6 is 0 Å². The fraction of sp³-hybridized carbons (Fsp3) is 0.103. The van der Waals surface area contributed by atoms with Crippen LogP contribution in [0.4, 0.5) is 18.9 Å². The first kappa shape index (κ1) is 26.0. The van der Waals surface area contributed by atoms with Crippen molar-refractivity contribution in [3.05, 3.63) is 118 Å². The number of benzene rings is 4. The number of rotatable bonds is 4. The van der Waals surface area contributed by atoms with Crippen molar-refractivity contribution in [3.8, 4) is 39.8 Å². The van der Waals surface area contributed by atoms with Crippen molar-refractivity contribution in [2.24, 2.45) is 0 Å². The van der Waals surface area contributed by atoms with E-state index in [9.17, 15) is 23.3 Å². The summed E-state index contributed by atoms with van der Waals surface area (Å²) in [6.07, 6.45) is 0. The van der Waals surface area contributed by atoms with Gasteiger partial charge in [0.1, 0.15) is 11.6 Å². The molecule has 7 heteroatoms. The van der Waals surface area contributed by atoms with Crippen LogP contribution in [-0.2, 0) is 0 Å². The Morgan fingerprint density at radius 1 is 0.722 bits per heavy atom. The quantitative estimate of drug-likeness (QED) is 0.167. The lowest BCUT2D eigenvalue weighted by molar-refractivity contribution is -0.384. The third-order valence-electron chi connectivity index (χ3n) is 5.16. The second-order valence-electron chi connectivity index (χ2n) is 7.29.